The Labute approximate surface area is 231 Å². The molecule has 2 amide bonds. The lowest BCUT2D eigenvalue weighted by Crippen LogP contribution is -2.38. The van der Waals surface area contributed by atoms with Gasteiger partial charge in [-0.05, 0) is 18.2 Å². The normalized spacial score (nSPS) is 14.2. The molecule has 4 heterocycles. The number of benzene rings is 1. The van der Waals surface area contributed by atoms with E-state index in [1.807, 2.05) is 31.6 Å². The number of carbonyl (C=O) groups is 1. The molecule has 40 heavy (non-hydrogen) atoms. The Hall–Kier alpha value is -4.29. The van der Waals surface area contributed by atoms with Gasteiger partial charge in [-0.2, -0.15) is 5.10 Å². The van der Waals surface area contributed by atoms with Crippen LogP contribution in [-0.4, -0.2) is 63.7 Å². The number of morpholine rings is 1. The topological polar surface area (TPSA) is 120 Å². The van der Waals surface area contributed by atoms with Crippen molar-refractivity contribution in [1.29, 1.82) is 0 Å². The van der Waals surface area contributed by atoms with Gasteiger partial charge in [-0.25, -0.2) is 9.18 Å². The van der Waals surface area contributed by atoms with Crippen LogP contribution >= 0.6 is 0 Å². The lowest BCUT2D eigenvalue weighted by Gasteiger charge is -2.26. The molecule has 1 saturated heterocycles. The first kappa shape index (κ1) is 27.3. The molecule has 11 nitrogen and oxygen atoms in total. The zero-order valence-electron chi connectivity index (χ0n) is 22.7. The van der Waals surface area contributed by atoms with Crippen LogP contribution in [0.5, 0.6) is 11.5 Å². The molecule has 1 aliphatic heterocycles. The number of hydrogen-bond donors (Lipinski definition) is 2. The van der Waals surface area contributed by atoms with E-state index < -0.39 is 11.8 Å². The SMILES string of the molecule is CC(C)(C)c1cc(NC(=O)Nc2ccc(Oc3ccnc(-c4cnn(CCN5CCOCC5)c4)c3)cc2F)on1. The summed E-state index contributed by atoms with van der Waals surface area (Å²) in [6.07, 6.45) is 5.33. The van der Waals surface area contributed by atoms with E-state index in [4.69, 9.17) is 14.0 Å². The van der Waals surface area contributed by atoms with Crippen LogP contribution in [0.4, 0.5) is 20.8 Å². The maximum atomic E-state index is 14.8. The van der Waals surface area contributed by atoms with Crippen molar-refractivity contribution >= 4 is 17.6 Å². The van der Waals surface area contributed by atoms with Crippen molar-refractivity contribution in [3.63, 3.8) is 0 Å². The standard InChI is InChI=1S/C28H32FN7O4/c1-28(2,3)25-16-26(40-34-25)33-27(37)32-23-5-4-20(14-22(23)29)39-21-6-7-30-24(15-21)19-17-31-36(18-19)9-8-35-10-12-38-13-11-35/h4-7,14-18H,8-13H2,1-3H3,(H2,32,33,37). The van der Waals surface area contributed by atoms with Crippen molar-refractivity contribution in [2.45, 2.75) is 32.7 Å². The summed E-state index contributed by atoms with van der Waals surface area (Å²) in [5, 5.41) is 13.4. The number of hydrogen-bond acceptors (Lipinski definition) is 8. The fourth-order valence-corrected chi connectivity index (χ4v) is 4.07. The first-order valence-electron chi connectivity index (χ1n) is 13.0. The highest BCUT2D eigenvalue weighted by Gasteiger charge is 2.20. The largest absolute Gasteiger partial charge is 0.457 e. The van der Waals surface area contributed by atoms with E-state index in [-0.39, 0.29) is 22.7 Å². The molecule has 0 saturated carbocycles. The van der Waals surface area contributed by atoms with E-state index in [1.165, 1.54) is 12.1 Å². The molecule has 3 aromatic heterocycles. The summed E-state index contributed by atoms with van der Waals surface area (Å²) in [7, 11) is 0. The van der Waals surface area contributed by atoms with Gasteiger partial charge >= 0.3 is 6.03 Å². The number of aromatic nitrogens is 4. The molecule has 1 fully saturated rings. The molecule has 0 unspecified atom stereocenters. The summed E-state index contributed by atoms with van der Waals surface area (Å²) in [6, 6.07) is 8.61. The number of nitrogens with one attached hydrogen (secondary N) is 2. The molecule has 4 aromatic rings. The van der Waals surface area contributed by atoms with Crippen molar-refractivity contribution in [2.75, 3.05) is 43.5 Å². The highest BCUT2D eigenvalue weighted by atomic mass is 19.1. The molecule has 0 radical (unpaired) electrons. The van der Waals surface area contributed by atoms with Gasteiger partial charge in [-0.3, -0.25) is 19.9 Å². The zero-order chi connectivity index (χ0) is 28.1. The Morgan fingerprint density at radius 1 is 1.07 bits per heavy atom. The molecular formula is C28H32FN7O4. The average molecular weight is 550 g/mol. The number of anilines is 2. The van der Waals surface area contributed by atoms with Crippen LogP contribution in [0.3, 0.4) is 0 Å². The predicted octanol–water partition coefficient (Wildman–Crippen LogP) is 5.14. The fourth-order valence-electron chi connectivity index (χ4n) is 4.07. The number of carbonyl (C=O) groups excluding carboxylic acids is 1. The molecule has 12 heteroatoms. The third kappa shape index (κ3) is 7.01. The Bertz CT molecular complexity index is 1460. The smallest absolute Gasteiger partial charge is 0.326 e. The molecule has 0 atom stereocenters. The van der Waals surface area contributed by atoms with Gasteiger partial charge < -0.3 is 19.3 Å². The number of pyridine rings is 1. The van der Waals surface area contributed by atoms with Crippen LogP contribution < -0.4 is 15.4 Å². The third-order valence-electron chi connectivity index (χ3n) is 6.35. The van der Waals surface area contributed by atoms with Gasteiger partial charge in [0.25, 0.3) is 0 Å². The maximum Gasteiger partial charge on any atom is 0.326 e. The van der Waals surface area contributed by atoms with Gasteiger partial charge in [0, 0.05) is 61.2 Å². The molecule has 2 N–H and O–H groups in total. The minimum absolute atomic E-state index is 0.0136. The van der Waals surface area contributed by atoms with E-state index in [2.05, 4.69) is 30.8 Å². The first-order valence-corrected chi connectivity index (χ1v) is 13.0. The lowest BCUT2D eigenvalue weighted by atomic mass is 9.92. The molecule has 0 bridgehead atoms. The van der Waals surface area contributed by atoms with E-state index >= 15 is 0 Å². The number of urea groups is 1. The van der Waals surface area contributed by atoms with Gasteiger partial charge in [0.05, 0.1) is 43.0 Å². The van der Waals surface area contributed by atoms with Crippen molar-refractivity contribution in [3.05, 3.63) is 66.5 Å². The van der Waals surface area contributed by atoms with Crippen LogP contribution in [-0.2, 0) is 16.7 Å². The Balaban J connectivity index is 1.17. The van der Waals surface area contributed by atoms with Crippen molar-refractivity contribution in [3.8, 4) is 22.8 Å². The quantitative estimate of drug-likeness (QED) is 0.310. The minimum atomic E-state index is -0.659. The minimum Gasteiger partial charge on any atom is -0.457 e. The third-order valence-corrected chi connectivity index (χ3v) is 6.35. The zero-order valence-corrected chi connectivity index (χ0v) is 22.7. The van der Waals surface area contributed by atoms with Crippen LogP contribution in [0, 0.1) is 5.82 Å². The number of rotatable bonds is 8. The van der Waals surface area contributed by atoms with Gasteiger partial charge in [0.15, 0.2) is 0 Å². The lowest BCUT2D eigenvalue weighted by molar-refractivity contribution is 0.0360. The second kappa shape index (κ2) is 11.8. The van der Waals surface area contributed by atoms with Crippen LogP contribution in [0.2, 0.25) is 0 Å². The molecule has 1 aromatic carbocycles. The first-order chi connectivity index (χ1) is 19.2. The van der Waals surface area contributed by atoms with E-state index in [0.717, 1.165) is 45.0 Å². The van der Waals surface area contributed by atoms with Gasteiger partial charge in [-0.15, -0.1) is 0 Å². The Kier molecular flexibility index (Phi) is 8.08. The monoisotopic (exact) mass is 549 g/mol. The number of halogens is 1. The number of amides is 2. The van der Waals surface area contributed by atoms with Crippen molar-refractivity contribution in [2.24, 2.45) is 0 Å². The predicted molar refractivity (Wildman–Crippen MR) is 147 cm³/mol. The second-order valence-corrected chi connectivity index (χ2v) is 10.5. The molecule has 0 spiro atoms. The number of ether oxygens (including phenoxy) is 2. The fraction of sp³-hybridized carbons (Fsp3) is 0.357. The number of nitrogens with zero attached hydrogens (tertiary/aromatic N) is 5. The maximum absolute atomic E-state index is 14.8. The van der Waals surface area contributed by atoms with Crippen molar-refractivity contribution < 1.29 is 23.2 Å². The van der Waals surface area contributed by atoms with Gasteiger partial charge in [0.1, 0.15) is 17.3 Å². The van der Waals surface area contributed by atoms with Gasteiger partial charge in [0.2, 0.25) is 5.88 Å². The molecule has 210 valence electrons. The summed E-state index contributed by atoms with van der Waals surface area (Å²) in [6.45, 7) is 11.0. The summed E-state index contributed by atoms with van der Waals surface area (Å²) < 4.78 is 33.1. The highest BCUT2D eigenvalue weighted by molar-refractivity contribution is 5.99. The molecule has 5 rings (SSSR count). The van der Waals surface area contributed by atoms with Crippen LogP contribution in [0.15, 0.2) is 59.5 Å². The average Bonchev–Trinajstić information content (AvgIpc) is 3.60. The van der Waals surface area contributed by atoms with E-state index in [1.54, 1.807) is 36.7 Å². The Morgan fingerprint density at radius 2 is 1.88 bits per heavy atom. The second-order valence-electron chi connectivity index (χ2n) is 10.5. The van der Waals surface area contributed by atoms with Crippen LogP contribution in [0.25, 0.3) is 11.3 Å². The van der Waals surface area contributed by atoms with Gasteiger partial charge in [-0.1, -0.05) is 25.9 Å². The molecule has 1 aliphatic rings. The van der Waals surface area contributed by atoms with E-state index in [0.29, 0.717) is 17.1 Å². The molecular weight excluding hydrogens is 517 g/mol. The Morgan fingerprint density at radius 3 is 2.62 bits per heavy atom. The van der Waals surface area contributed by atoms with E-state index in [9.17, 15) is 9.18 Å². The summed E-state index contributed by atoms with van der Waals surface area (Å²) in [5.74, 6) is 0.270. The summed E-state index contributed by atoms with van der Waals surface area (Å²) in [5.41, 5.74) is 1.98. The van der Waals surface area contributed by atoms with Crippen LogP contribution in [0.1, 0.15) is 26.5 Å². The summed E-state index contributed by atoms with van der Waals surface area (Å²) >= 11 is 0. The molecule has 0 aliphatic carbocycles. The summed E-state index contributed by atoms with van der Waals surface area (Å²) in [4.78, 5) is 19.1. The highest BCUT2D eigenvalue weighted by Crippen LogP contribution is 2.28. The van der Waals surface area contributed by atoms with Crippen molar-refractivity contribution in [1.82, 2.24) is 24.8 Å².